The van der Waals surface area contributed by atoms with E-state index in [0.717, 1.165) is 24.6 Å². The third-order valence-corrected chi connectivity index (χ3v) is 4.57. The molecular weight excluding hydrogens is 250 g/mol. The number of carboxylic acid groups (broad SMARTS) is 1. The Hall–Kier alpha value is -0.980. The fourth-order valence-electron chi connectivity index (χ4n) is 2.20. The van der Waals surface area contributed by atoms with Gasteiger partial charge in [-0.15, -0.1) is 11.3 Å². The fourth-order valence-corrected chi connectivity index (χ4v) is 3.35. The molecule has 5 nitrogen and oxygen atoms in total. The van der Waals surface area contributed by atoms with Crippen LogP contribution in [0.3, 0.4) is 0 Å². The molecule has 1 unspecified atom stereocenters. The molecule has 6 heteroatoms. The van der Waals surface area contributed by atoms with Crippen LogP contribution in [-0.4, -0.2) is 59.6 Å². The van der Waals surface area contributed by atoms with Gasteiger partial charge in [-0.05, 0) is 20.5 Å². The molecule has 0 aromatic carbocycles. The van der Waals surface area contributed by atoms with E-state index >= 15 is 0 Å². The van der Waals surface area contributed by atoms with E-state index in [2.05, 4.69) is 28.9 Å². The predicted octanol–water partition coefficient (Wildman–Crippen LogP) is 1.32. The van der Waals surface area contributed by atoms with Gasteiger partial charge < -0.3 is 10.0 Å². The smallest absolute Gasteiger partial charge is 0.347 e. The highest BCUT2D eigenvalue weighted by atomic mass is 32.1. The molecule has 1 aromatic rings. The molecule has 2 rings (SSSR count). The van der Waals surface area contributed by atoms with E-state index in [9.17, 15) is 9.90 Å². The lowest BCUT2D eigenvalue weighted by molar-refractivity contribution is 0.0701. The van der Waals surface area contributed by atoms with E-state index < -0.39 is 5.97 Å². The highest BCUT2D eigenvalue weighted by molar-refractivity contribution is 7.13. The topological polar surface area (TPSA) is 56.7 Å². The number of thiazole rings is 1. The number of hydrogen-bond acceptors (Lipinski definition) is 5. The van der Waals surface area contributed by atoms with Gasteiger partial charge >= 0.3 is 5.97 Å². The fraction of sp³-hybridized carbons (Fsp3) is 0.667. The SMILES string of the molecule is CCc1nc(C2CN(C)CCN2C)sc1C(=O)O. The van der Waals surface area contributed by atoms with Gasteiger partial charge in [0.1, 0.15) is 9.88 Å². The first kappa shape index (κ1) is 13.5. The van der Waals surface area contributed by atoms with Crippen molar-refractivity contribution in [3.8, 4) is 0 Å². The van der Waals surface area contributed by atoms with Gasteiger partial charge in [0.25, 0.3) is 0 Å². The predicted molar refractivity (Wildman–Crippen MR) is 71.3 cm³/mol. The van der Waals surface area contributed by atoms with E-state index in [-0.39, 0.29) is 6.04 Å². The van der Waals surface area contributed by atoms with Crippen LogP contribution in [0, 0.1) is 0 Å². The van der Waals surface area contributed by atoms with E-state index in [1.807, 2.05) is 6.92 Å². The van der Waals surface area contributed by atoms with Crippen LogP contribution in [0.2, 0.25) is 0 Å². The number of nitrogens with zero attached hydrogens (tertiary/aromatic N) is 3. The summed E-state index contributed by atoms with van der Waals surface area (Å²) >= 11 is 1.33. The number of piperazine rings is 1. The molecule has 0 radical (unpaired) electrons. The van der Waals surface area contributed by atoms with Crippen LogP contribution in [0.4, 0.5) is 0 Å². The maximum atomic E-state index is 11.2. The van der Waals surface area contributed by atoms with Gasteiger partial charge in [-0.1, -0.05) is 6.92 Å². The van der Waals surface area contributed by atoms with Crippen LogP contribution < -0.4 is 0 Å². The van der Waals surface area contributed by atoms with Crippen LogP contribution in [0.15, 0.2) is 0 Å². The van der Waals surface area contributed by atoms with Crippen molar-refractivity contribution in [1.29, 1.82) is 0 Å². The van der Waals surface area contributed by atoms with Crippen molar-refractivity contribution in [2.75, 3.05) is 33.7 Å². The average molecular weight is 269 g/mol. The number of aromatic nitrogens is 1. The Morgan fingerprint density at radius 1 is 1.50 bits per heavy atom. The maximum Gasteiger partial charge on any atom is 0.347 e. The van der Waals surface area contributed by atoms with Gasteiger partial charge in [0.05, 0.1) is 11.7 Å². The molecule has 18 heavy (non-hydrogen) atoms. The first-order chi connectivity index (χ1) is 8.52. The molecular formula is C12H19N3O2S. The van der Waals surface area contributed by atoms with E-state index in [1.54, 1.807) is 0 Å². The molecule has 0 amide bonds. The number of hydrogen-bond donors (Lipinski definition) is 1. The van der Waals surface area contributed by atoms with E-state index in [0.29, 0.717) is 17.0 Å². The molecule has 1 aliphatic heterocycles. The summed E-state index contributed by atoms with van der Waals surface area (Å²) in [5.41, 5.74) is 0.712. The van der Waals surface area contributed by atoms with Crippen molar-refractivity contribution in [2.45, 2.75) is 19.4 Å². The Kier molecular flexibility index (Phi) is 3.99. The molecule has 1 fully saturated rings. The summed E-state index contributed by atoms with van der Waals surface area (Å²) in [5.74, 6) is -0.859. The van der Waals surface area contributed by atoms with E-state index in [1.165, 1.54) is 11.3 Å². The first-order valence-corrected chi connectivity index (χ1v) is 6.96. The van der Waals surface area contributed by atoms with Gasteiger partial charge in [-0.2, -0.15) is 0 Å². The lowest BCUT2D eigenvalue weighted by atomic mass is 10.2. The number of rotatable bonds is 3. The summed E-state index contributed by atoms with van der Waals surface area (Å²) in [5, 5.41) is 10.1. The minimum atomic E-state index is -0.859. The molecule has 1 aliphatic rings. The molecule has 0 aliphatic carbocycles. The third kappa shape index (κ3) is 2.55. The summed E-state index contributed by atoms with van der Waals surface area (Å²) < 4.78 is 0. The second-order valence-corrected chi connectivity index (χ2v) is 5.78. The van der Waals surface area contributed by atoms with E-state index in [4.69, 9.17) is 0 Å². The first-order valence-electron chi connectivity index (χ1n) is 6.14. The van der Waals surface area contributed by atoms with Crippen molar-refractivity contribution in [2.24, 2.45) is 0 Å². The highest BCUT2D eigenvalue weighted by Gasteiger charge is 2.28. The zero-order valence-electron chi connectivity index (χ0n) is 11.0. The van der Waals surface area contributed by atoms with Crippen molar-refractivity contribution in [3.63, 3.8) is 0 Å². The molecule has 0 bridgehead atoms. The molecule has 1 atom stereocenters. The molecule has 1 N–H and O–H groups in total. The zero-order chi connectivity index (χ0) is 13.3. The summed E-state index contributed by atoms with van der Waals surface area (Å²) in [4.78, 5) is 20.6. The summed E-state index contributed by atoms with van der Waals surface area (Å²) in [6, 6.07) is 0.215. The number of aromatic carboxylic acids is 1. The number of aryl methyl sites for hydroxylation is 1. The Bertz CT molecular complexity index is 447. The normalized spacial score (nSPS) is 22.3. The molecule has 1 aromatic heterocycles. The standard InChI is InChI=1S/C12H19N3O2S/c1-4-8-10(12(16)17)18-11(13-8)9-7-14(2)5-6-15(9)3/h9H,4-7H2,1-3H3,(H,16,17). The van der Waals surface area contributed by atoms with Gasteiger partial charge in [-0.3, -0.25) is 4.90 Å². The van der Waals surface area contributed by atoms with Gasteiger partial charge in [0, 0.05) is 19.6 Å². The second-order valence-electron chi connectivity index (χ2n) is 4.75. The summed E-state index contributed by atoms with van der Waals surface area (Å²) in [6.45, 7) is 4.89. The quantitative estimate of drug-likeness (QED) is 0.897. The van der Waals surface area contributed by atoms with Gasteiger partial charge in [0.2, 0.25) is 0 Å². The van der Waals surface area contributed by atoms with Crippen molar-refractivity contribution in [3.05, 3.63) is 15.6 Å². The van der Waals surface area contributed by atoms with Gasteiger partial charge in [-0.25, -0.2) is 9.78 Å². The minimum absolute atomic E-state index is 0.215. The van der Waals surface area contributed by atoms with Crippen LogP contribution in [-0.2, 0) is 6.42 Å². The monoisotopic (exact) mass is 269 g/mol. The Labute approximate surface area is 111 Å². The zero-order valence-corrected chi connectivity index (χ0v) is 11.8. The average Bonchev–Trinajstić information content (AvgIpc) is 2.76. The highest BCUT2D eigenvalue weighted by Crippen LogP contribution is 2.29. The minimum Gasteiger partial charge on any atom is -0.477 e. The van der Waals surface area contributed by atoms with Crippen molar-refractivity contribution >= 4 is 17.3 Å². The number of carboxylic acids is 1. The Balaban J connectivity index is 2.29. The van der Waals surface area contributed by atoms with Gasteiger partial charge in [0.15, 0.2) is 0 Å². The molecule has 100 valence electrons. The van der Waals surface area contributed by atoms with Crippen LogP contribution in [0.5, 0.6) is 0 Å². The largest absolute Gasteiger partial charge is 0.477 e. The summed E-state index contributed by atoms with van der Waals surface area (Å²) in [7, 11) is 4.16. The van der Waals surface area contributed by atoms with Crippen LogP contribution >= 0.6 is 11.3 Å². The number of carbonyl (C=O) groups is 1. The third-order valence-electron chi connectivity index (χ3n) is 3.38. The number of likely N-dealkylation sites (N-methyl/N-ethyl adjacent to an activating group) is 2. The second kappa shape index (κ2) is 5.34. The van der Waals surface area contributed by atoms with Crippen LogP contribution in [0.1, 0.15) is 33.3 Å². The molecule has 0 saturated carbocycles. The maximum absolute atomic E-state index is 11.2. The Morgan fingerprint density at radius 3 is 2.78 bits per heavy atom. The molecule has 1 saturated heterocycles. The van der Waals surface area contributed by atoms with Crippen LogP contribution in [0.25, 0.3) is 0 Å². The lowest BCUT2D eigenvalue weighted by Crippen LogP contribution is -2.44. The molecule has 2 heterocycles. The van der Waals surface area contributed by atoms with Crippen molar-refractivity contribution in [1.82, 2.24) is 14.8 Å². The van der Waals surface area contributed by atoms with Crippen molar-refractivity contribution < 1.29 is 9.90 Å². The summed E-state index contributed by atoms with van der Waals surface area (Å²) in [6.07, 6.45) is 0.671. The Morgan fingerprint density at radius 2 is 2.22 bits per heavy atom. The lowest BCUT2D eigenvalue weighted by Gasteiger charge is -2.36. The molecule has 0 spiro atoms.